The highest BCUT2D eigenvalue weighted by Crippen LogP contribution is 2.26. The topological polar surface area (TPSA) is 91.8 Å². The van der Waals surface area contributed by atoms with E-state index in [2.05, 4.69) is 19.9 Å². The predicted octanol–water partition coefficient (Wildman–Crippen LogP) is 1.74. The number of hydrogen-bond donors (Lipinski definition) is 2. The third kappa shape index (κ3) is 2.36. The first kappa shape index (κ1) is 12.9. The summed E-state index contributed by atoms with van der Waals surface area (Å²) in [5.41, 5.74) is -0.539. The number of aromatic hydroxyl groups is 1. The van der Waals surface area contributed by atoms with Gasteiger partial charge in [0.25, 0.3) is 5.56 Å². The molecule has 3 aromatic rings. The molecule has 1 aromatic carbocycles. The van der Waals surface area contributed by atoms with Crippen molar-refractivity contribution in [2.45, 2.75) is 0 Å². The molecule has 0 amide bonds. The zero-order valence-corrected chi connectivity index (χ0v) is 10.6. The molecule has 2 heterocycles. The lowest BCUT2D eigenvalue weighted by molar-refractivity contribution is 0.453. The molecule has 7 heteroatoms. The fourth-order valence-corrected chi connectivity index (χ4v) is 1.92. The SMILES string of the molecule is O=c1[nH]c(-c2ccncn2)nc(O)c1-c1ccccc1F. The van der Waals surface area contributed by atoms with Crippen LogP contribution in [0.5, 0.6) is 5.88 Å². The number of hydrogen-bond acceptors (Lipinski definition) is 5. The molecule has 0 aliphatic carbocycles. The highest BCUT2D eigenvalue weighted by Gasteiger charge is 2.17. The first-order chi connectivity index (χ1) is 10.2. The van der Waals surface area contributed by atoms with Crippen LogP contribution < -0.4 is 5.56 Å². The molecule has 104 valence electrons. The Labute approximate surface area is 118 Å². The van der Waals surface area contributed by atoms with Gasteiger partial charge in [-0.3, -0.25) is 4.79 Å². The summed E-state index contributed by atoms with van der Waals surface area (Å²) in [6, 6.07) is 7.18. The van der Waals surface area contributed by atoms with Crippen molar-refractivity contribution in [2.24, 2.45) is 0 Å². The van der Waals surface area contributed by atoms with Gasteiger partial charge in [-0.15, -0.1) is 0 Å². The lowest BCUT2D eigenvalue weighted by Gasteiger charge is -2.06. The molecular formula is C14H9FN4O2. The van der Waals surface area contributed by atoms with E-state index in [9.17, 15) is 14.3 Å². The van der Waals surface area contributed by atoms with E-state index in [4.69, 9.17) is 0 Å². The second kappa shape index (κ2) is 5.12. The Morgan fingerprint density at radius 1 is 1.19 bits per heavy atom. The largest absolute Gasteiger partial charge is 0.493 e. The molecule has 6 nitrogen and oxygen atoms in total. The highest BCUT2D eigenvalue weighted by atomic mass is 19.1. The maximum atomic E-state index is 13.7. The van der Waals surface area contributed by atoms with Crippen molar-refractivity contribution in [2.75, 3.05) is 0 Å². The number of benzene rings is 1. The zero-order valence-electron chi connectivity index (χ0n) is 10.6. The van der Waals surface area contributed by atoms with Crippen LogP contribution in [0.3, 0.4) is 0 Å². The number of nitrogens with one attached hydrogen (secondary N) is 1. The van der Waals surface area contributed by atoms with Crippen LogP contribution in [0, 0.1) is 5.82 Å². The zero-order chi connectivity index (χ0) is 14.8. The second-order valence-corrected chi connectivity index (χ2v) is 4.19. The van der Waals surface area contributed by atoms with Crippen LogP contribution >= 0.6 is 0 Å². The lowest BCUT2D eigenvalue weighted by atomic mass is 10.1. The minimum absolute atomic E-state index is 0.0158. The van der Waals surface area contributed by atoms with Crippen LogP contribution in [-0.2, 0) is 0 Å². The monoisotopic (exact) mass is 284 g/mol. The second-order valence-electron chi connectivity index (χ2n) is 4.19. The van der Waals surface area contributed by atoms with Crippen molar-refractivity contribution >= 4 is 0 Å². The summed E-state index contributed by atoms with van der Waals surface area (Å²) in [6.45, 7) is 0. The van der Waals surface area contributed by atoms with Gasteiger partial charge in [-0.25, -0.2) is 14.4 Å². The van der Waals surface area contributed by atoms with Crippen LogP contribution in [-0.4, -0.2) is 25.0 Å². The van der Waals surface area contributed by atoms with Crippen LogP contribution in [0.15, 0.2) is 47.7 Å². The molecule has 0 saturated heterocycles. The molecule has 0 fully saturated rings. The van der Waals surface area contributed by atoms with Gasteiger partial charge in [0.05, 0.1) is 0 Å². The van der Waals surface area contributed by atoms with E-state index >= 15 is 0 Å². The Morgan fingerprint density at radius 2 is 2.00 bits per heavy atom. The molecule has 0 atom stereocenters. The Hall–Kier alpha value is -3.09. The highest BCUT2D eigenvalue weighted by molar-refractivity contribution is 5.69. The molecular weight excluding hydrogens is 275 g/mol. The molecule has 0 radical (unpaired) electrons. The fourth-order valence-electron chi connectivity index (χ4n) is 1.92. The summed E-state index contributed by atoms with van der Waals surface area (Å²) in [4.78, 5) is 26.1. The number of halogens is 1. The average molecular weight is 284 g/mol. The Morgan fingerprint density at radius 3 is 2.67 bits per heavy atom. The lowest BCUT2D eigenvalue weighted by Crippen LogP contribution is -2.13. The number of H-pyrrole nitrogens is 1. The van der Waals surface area contributed by atoms with Gasteiger partial charge in [0.15, 0.2) is 5.82 Å². The van der Waals surface area contributed by atoms with Gasteiger partial charge in [0.2, 0.25) is 5.88 Å². The molecule has 0 bridgehead atoms. The average Bonchev–Trinajstić information content (AvgIpc) is 2.49. The van der Waals surface area contributed by atoms with Crippen molar-refractivity contribution in [1.82, 2.24) is 19.9 Å². The Balaban J connectivity index is 2.19. The van der Waals surface area contributed by atoms with Gasteiger partial charge in [0, 0.05) is 11.8 Å². The van der Waals surface area contributed by atoms with E-state index in [1.807, 2.05) is 0 Å². The van der Waals surface area contributed by atoms with Gasteiger partial charge in [-0.2, -0.15) is 4.98 Å². The Bertz CT molecular complexity index is 849. The summed E-state index contributed by atoms with van der Waals surface area (Å²) in [7, 11) is 0. The van der Waals surface area contributed by atoms with E-state index < -0.39 is 17.3 Å². The molecule has 0 aliphatic heterocycles. The molecule has 0 aliphatic rings. The molecule has 2 aromatic heterocycles. The molecule has 0 unspecified atom stereocenters. The van der Waals surface area contributed by atoms with E-state index in [0.29, 0.717) is 5.69 Å². The minimum atomic E-state index is -0.652. The quantitative estimate of drug-likeness (QED) is 0.747. The maximum Gasteiger partial charge on any atom is 0.263 e. The van der Waals surface area contributed by atoms with Gasteiger partial charge >= 0.3 is 0 Å². The van der Waals surface area contributed by atoms with Gasteiger partial charge in [-0.05, 0) is 12.1 Å². The minimum Gasteiger partial charge on any atom is -0.493 e. The van der Waals surface area contributed by atoms with Gasteiger partial charge in [-0.1, -0.05) is 18.2 Å². The molecule has 21 heavy (non-hydrogen) atoms. The predicted molar refractivity (Wildman–Crippen MR) is 72.9 cm³/mol. The van der Waals surface area contributed by atoms with E-state index in [1.165, 1.54) is 36.8 Å². The summed E-state index contributed by atoms with van der Waals surface area (Å²) in [5, 5.41) is 9.97. The normalized spacial score (nSPS) is 10.5. The molecule has 0 saturated carbocycles. The maximum absolute atomic E-state index is 13.7. The smallest absolute Gasteiger partial charge is 0.263 e. The Kier molecular flexibility index (Phi) is 3.15. The van der Waals surface area contributed by atoms with E-state index in [0.717, 1.165) is 0 Å². The summed E-state index contributed by atoms with van der Waals surface area (Å²) in [6.07, 6.45) is 2.77. The van der Waals surface area contributed by atoms with E-state index in [-0.39, 0.29) is 17.0 Å². The van der Waals surface area contributed by atoms with Crippen molar-refractivity contribution in [3.05, 3.63) is 59.0 Å². The van der Waals surface area contributed by atoms with Crippen molar-refractivity contribution in [1.29, 1.82) is 0 Å². The van der Waals surface area contributed by atoms with Crippen molar-refractivity contribution < 1.29 is 9.50 Å². The number of aromatic amines is 1. The molecule has 2 N–H and O–H groups in total. The number of aromatic nitrogens is 4. The number of nitrogens with zero attached hydrogens (tertiary/aromatic N) is 3. The third-order valence-corrected chi connectivity index (χ3v) is 2.87. The van der Waals surface area contributed by atoms with Crippen LogP contribution in [0.25, 0.3) is 22.6 Å². The summed E-state index contributed by atoms with van der Waals surface area (Å²) >= 11 is 0. The molecule has 0 spiro atoms. The van der Waals surface area contributed by atoms with Crippen molar-refractivity contribution in [3.63, 3.8) is 0 Å². The van der Waals surface area contributed by atoms with Crippen LogP contribution in [0.1, 0.15) is 0 Å². The van der Waals surface area contributed by atoms with Crippen molar-refractivity contribution in [3.8, 4) is 28.5 Å². The van der Waals surface area contributed by atoms with Crippen LogP contribution in [0.2, 0.25) is 0 Å². The first-order valence-electron chi connectivity index (χ1n) is 6.01. The third-order valence-electron chi connectivity index (χ3n) is 2.87. The van der Waals surface area contributed by atoms with E-state index in [1.54, 1.807) is 6.07 Å². The van der Waals surface area contributed by atoms with Gasteiger partial charge < -0.3 is 10.1 Å². The van der Waals surface area contributed by atoms with Gasteiger partial charge in [0.1, 0.15) is 23.4 Å². The first-order valence-corrected chi connectivity index (χ1v) is 6.01. The standard InChI is InChI=1S/C14H9FN4O2/c15-9-4-2-1-3-8(9)11-13(20)18-12(19-14(11)21)10-5-6-16-7-17-10/h1-7H,(H2,18,19,20,21). The fraction of sp³-hybridized carbons (Fsp3) is 0. The summed E-state index contributed by atoms with van der Waals surface area (Å²) in [5.74, 6) is -1.09. The summed E-state index contributed by atoms with van der Waals surface area (Å²) < 4.78 is 13.7. The number of rotatable bonds is 2. The molecule has 3 rings (SSSR count). The van der Waals surface area contributed by atoms with Crippen LogP contribution in [0.4, 0.5) is 4.39 Å².